The van der Waals surface area contributed by atoms with E-state index in [1.54, 1.807) is 6.92 Å². The van der Waals surface area contributed by atoms with Crippen LogP contribution in [0.4, 0.5) is 0 Å². The van der Waals surface area contributed by atoms with Gasteiger partial charge in [-0.15, -0.1) is 0 Å². The predicted molar refractivity (Wildman–Crippen MR) is 56.1 cm³/mol. The lowest BCUT2D eigenvalue weighted by molar-refractivity contribution is -0.117. The van der Waals surface area contributed by atoms with Crippen LogP contribution < -0.4 is 11.1 Å². The second-order valence-electron chi connectivity index (χ2n) is 2.37. The van der Waals surface area contributed by atoms with E-state index in [0.29, 0.717) is 13.1 Å². The minimum Gasteiger partial charge on any atom is -0.505 e. The van der Waals surface area contributed by atoms with Gasteiger partial charge in [-0.1, -0.05) is 6.58 Å². The molecule has 0 saturated heterocycles. The Labute approximate surface area is 83.0 Å². The number of aliphatic hydroxyl groups is 1. The molecule has 0 aromatic heterocycles. The zero-order valence-corrected chi connectivity index (χ0v) is 8.16. The highest BCUT2D eigenvalue weighted by molar-refractivity contribution is 5.95. The third-order valence-corrected chi connectivity index (χ3v) is 1.34. The van der Waals surface area contributed by atoms with Crippen LogP contribution in [0, 0.1) is 0 Å². The third kappa shape index (κ3) is 3.86. The van der Waals surface area contributed by atoms with Crippen LogP contribution in [0.5, 0.6) is 0 Å². The summed E-state index contributed by atoms with van der Waals surface area (Å²) in [5.41, 5.74) is 5.15. The summed E-state index contributed by atoms with van der Waals surface area (Å²) in [6.45, 7) is 5.66. The van der Waals surface area contributed by atoms with Crippen LogP contribution in [0.3, 0.4) is 0 Å². The number of hydrogen-bond acceptors (Lipinski definition) is 4. The monoisotopic (exact) mass is 197 g/mol. The van der Waals surface area contributed by atoms with Gasteiger partial charge in [-0.05, 0) is 13.0 Å². The predicted octanol–water partition coefficient (Wildman–Crippen LogP) is 0.108. The summed E-state index contributed by atoms with van der Waals surface area (Å²) in [6, 6.07) is 0. The molecule has 0 saturated carbocycles. The first kappa shape index (κ1) is 12.4. The summed E-state index contributed by atoms with van der Waals surface area (Å²) in [6.07, 6.45) is 2.57. The molecule has 14 heavy (non-hydrogen) atoms. The molecule has 0 bridgehead atoms. The van der Waals surface area contributed by atoms with Gasteiger partial charge < -0.3 is 16.2 Å². The standard InChI is InChI=1S/C9H15N3O2/c1-3-7(13)8(11-4-2)9(14)12-6-5-10/h3-4,13H,1,5-6,10H2,2H3,(H,12,14). The Morgan fingerprint density at radius 1 is 1.71 bits per heavy atom. The topological polar surface area (TPSA) is 87.7 Å². The molecule has 0 spiro atoms. The zero-order valence-electron chi connectivity index (χ0n) is 8.16. The first-order chi connectivity index (χ1) is 6.67. The molecule has 0 aromatic carbocycles. The minimum absolute atomic E-state index is 0.0593. The number of rotatable bonds is 5. The summed E-state index contributed by atoms with van der Waals surface area (Å²) < 4.78 is 0. The van der Waals surface area contributed by atoms with Crippen molar-refractivity contribution in [3.05, 3.63) is 24.1 Å². The van der Waals surface area contributed by atoms with Crippen molar-refractivity contribution >= 4 is 12.1 Å². The van der Waals surface area contributed by atoms with Gasteiger partial charge in [0.05, 0.1) is 0 Å². The Morgan fingerprint density at radius 3 is 2.79 bits per heavy atom. The largest absolute Gasteiger partial charge is 0.505 e. The molecule has 0 heterocycles. The Hall–Kier alpha value is -1.62. The van der Waals surface area contributed by atoms with Gasteiger partial charge in [0.2, 0.25) is 0 Å². The lowest BCUT2D eigenvalue weighted by atomic mass is 10.3. The summed E-state index contributed by atoms with van der Waals surface area (Å²) >= 11 is 0. The SMILES string of the molecule is C=CC(O)=C(N=CC)C(=O)NCCN. The van der Waals surface area contributed by atoms with Gasteiger partial charge in [-0.25, -0.2) is 0 Å². The molecule has 78 valence electrons. The van der Waals surface area contributed by atoms with Gasteiger partial charge >= 0.3 is 0 Å². The van der Waals surface area contributed by atoms with Crippen molar-refractivity contribution in [3.63, 3.8) is 0 Å². The number of nitrogens with two attached hydrogens (primary N) is 1. The van der Waals surface area contributed by atoms with E-state index in [4.69, 9.17) is 5.73 Å². The smallest absolute Gasteiger partial charge is 0.273 e. The number of aliphatic hydroxyl groups excluding tert-OH is 1. The van der Waals surface area contributed by atoms with E-state index in [0.717, 1.165) is 6.08 Å². The summed E-state index contributed by atoms with van der Waals surface area (Å²) in [7, 11) is 0. The van der Waals surface area contributed by atoms with Crippen molar-refractivity contribution in [2.24, 2.45) is 10.7 Å². The van der Waals surface area contributed by atoms with E-state index < -0.39 is 5.91 Å². The van der Waals surface area contributed by atoms with Crippen LogP contribution in [0.25, 0.3) is 0 Å². The molecule has 0 atom stereocenters. The molecular formula is C9H15N3O2. The first-order valence-electron chi connectivity index (χ1n) is 4.20. The quantitative estimate of drug-likeness (QED) is 0.253. The summed E-state index contributed by atoms with van der Waals surface area (Å²) in [4.78, 5) is 15.1. The number of amides is 1. The van der Waals surface area contributed by atoms with Crippen LogP contribution in [-0.4, -0.2) is 30.3 Å². The van der Waals surface area contributed by atoms with Crippen LogP contribution in [-0.2, 0) is 4.79 Å². The molecule has 0 aliphatic carbocycles. The maximum Gasteiger partial charge on any atom is 0.273 e. The fourth-order valence-corrected chi connectivity index (χ4v) is 0.736. The number of nitrogens with one attached hydrogen (secondary N) is 1. The number of carbonyl (C=O) groups is 1. The Morgan fingerprint density at radius 2 is 2.36 bits per heavy atom. The molecule has 5 heteroatoms. The number of aliphatic imine (C=N–C) groups is 1. The van der Waals surface area contributed by atoms with Crippen molar-refractivity contribution in [3.8, 4) is 0 Å². The third-order valence-electron chi connectivity index (χ3n) is 1.34. The van der Waals surface area contributed by atoms with E-state index in [-0.39, 0.29) is 11.5 Å². The molecule has 5 nitrogen and oxygen atoms in total. The van der Waals surface area contributed by atoms with Gasteiger partial charge in [0.25, 0.3) is 5.91 Å². The van der Waals surface area contributed by atoms with Gasteiger partial charge in [-0.3, -0.25) is 9.79 Å². The second kappa shape index (κ2) is 6.85. The van der Waals surface area contributed by atoms with Crippen molar-refractivity contribution in [1.82, 2.24) is 5.32 Å². The number of carbonyl (C=O) groups excluding carboxylic acids is 1. The lowest BCUT2D eigenvalue weighted by Gasteiger charge is -2.04. The number of hydrogen-bond donors (Lipinski definition) is 3. The van der Waals surface area contributed by atoms with Crippen molar-refractivity contribution in [2.45, 2.75) is 6.92 Å². The molecule has 0 aliphatic heterocycles. The fraction of sp³-hybridized carbons (Fsp3) is 0.333. The number of nitrogens with zero attached hydrogens (tertiary/aromatic N) is 1. The van der Waals surface area contributed by atoms with E-state index >= 15 is 0 Å². The lowest BCUT2D eigenvalue weighted by Crippen LogP contribution is -2.30. The number of allylic oxidation sites excluding steroid dienone is 1. The van der Waals surface area contributed by atoms with Crippen LogP contribution in [0.1, 0.15) is 6.92 Å². The van der Waals surface area contributed by atoms with Crippen LogP contribution in [0.2, 0.25) is 0 Å². The maximum atomic E-state index is 11.3. The first-order valence-corrected chi connectivity index (χ1v) is 4.20. The highest BCUT2D eigenvalue weighted by Crippen LogP contribution is 2.03. The van der Waals surface area contributed by atoms with E-state index in [1.807, 2.05) is 0 Å². The maximum absolute atomic E-state index is 11.3. The summed E-state index contributed by atoms with van der Waals surface area (Å²) in [5.74, 6) is -0.719. The molecule has 0 aromatic rings. The van der Waals surface area contributed by atoms with E-state index in [9.17, 15) is 9.90 Å². The average Bonchev–Trinajstić information content (AvgIpc) is 2.21. The summed E-state index contributed by atoms with van der Waals surface area (Å²) in [5, 5.41) is 11.8. The average molecular weight is 197 g/mol. The molecule has 0 aliphatic rings. The van der Waals surface area contributed by atoms with Gasteiger partial charge in [0.1, 0.15) is 5.76 Å². The van der Waals surface area contributed by atoms with Gasteiger partial charge in [-0.2, -0.15) is 0 Å². The zero-order chi connectivity index (χ0) is 11.0. The van der Waals surface area contributed by atoms with Crippen molar-refractivity contribution in [2.75, 3.05) is 13.1 Å². The Kier molecular flexibility index (Phi) is 6.06. The second-order valence-corrected chi connectivity index (χ2v) is 2.37. The molecule has 0 radical (unpaired) electrons. The van der Waals surface area contributed by atoms with Crippen LogP contribution in [0.15, 0.2) is 29.1 Å². The molecule has 0 unspecified atom stereocenters. The Bertz CT molecular complexity index is 269. The van der Waals surface area contributed by atoms with E-state index in [1.165, 1.54) is 6.21 Å². The van der Waals surface area contributed by atoms with Crippen molar-refractivity contribution in [1.29, 1.82) is 0 Å². The minimum atomic E-state index is -0.467. The van der Waals surface area contributed by atoms with E-state index in [2.05, 4.69) is 16.9 Å². The Balaban J connectivity index is 4.67. The molecule has 0 rings (SSSR count). The fourth-order valence-electron chi connectivity index (χ4n) is 0.736. The highest BCUT2D eigenvalue weighted by Gasteiger charge is 2.10. The van der Waals surface area contributed by atoms with Gasteiger partial charge in [0.15, 0.2) is 5.70 Å². The van der Waals surface area contributed by atoms with Crippen LogP contribution >= 0.6 is 0 Å². The molecular weight excluding hydrogens is 182 g/mol. The van der Waals surface area contributed by atoms with Gasteiger partial charge in [0, 0.05) is 19.3 Å². The molecule has 1 amide bonds. The molecule has 0 fully saturated rings. The normalized spacial score (nSPS) is 12.4. The molecule has 4 N–H and O–H groups in total. The highest BCUT2D eigenvalue weighted by atomic mass is 16.3. The van der Waals surface area contributed by atoms with Crippen molar-refractivity contribution < 1.29 is 9.90 Å².